The molecule has 0 unspecified atom stereocenters. The number of esters is 1. The fraction of sp³-hybridized carbons (Fsp3) is 0.133. The van der Waals surface area contributed by atoms with Crippen molar-refractivity contribution in [2.75, 3.05) is 12.4 Å². The first-order valence-electron chi connectivity index (χ1n) is 6.21. The van der Waals surface area contributed by atoms with Crippen molar-refractivity contribution in [2.45, 2.75) is 6.42 Å². The smallest absolute Gasteiger partial charge is 0.341 e. The summed E-state index contributed by atoms with van der Waals surface area (Å²) in [5, 5.41) is 11.7. The second-order valence-electron chi connectivity index (χ2n) is 4.28. The van der Waals surface area contributed by atoms with Gasteiger partial charge >= 0.3 is 11.9 Å². The molecule has 6 heteroatoms. The van der Waals surface area contributed by atoms with Gasteiger partial charge in [0.25, 0.3) is 0 Å². The minimum atomic E-state index is -0.881. The van der Waals surface area contributed by atoms with Gasteiger partial charge in [-0.3, -0.25) is 4.79 Å². The third-order valence-corrected chi connectivity index (χ3v) is 2.79. The van der Waals surface area contributed by atoms with E-state index in [1.54, 1.807) is 42.6 Å². The molecule has 1 heterocycles. The number of nitrogens with one attached hydrogen (secondary N) is 1. The standard InChI is InChI=1S/C15H14N2O4/c1-21-15(20)12-3-2-8-16-14(12)17-11-6-4-10(5-7-11)9-13(18)19/h2-8H,9H2,1H3,(H,16,17)(H,18,19). The van der Waals surface area contributed by atoms with Gasteiger partial charge < -0.3 is 15.2 Å². The number of ether oxygens (including phenoxy) is 1. The van der Waals surface area contributed by atoms with E-state index in [0.29, 0.717) is 22.6 Å². The molecule has 2 aromatic rings. The number of hydrogen-bond acceptors (Lipinski definition) is 5. The van der Waals surface area contributed by atoms with Gasteiger partial charge in [-0.15, -0.1) is 0 Å². The Labute approximate surface area is 121 Å². The van der Waals surface area contributed by atoms with E-state index in [1.807, 2.05) is 0 Å². The fourth-order valence-corrected chi connectivity index (χ4v) is 1.80. The van der Waals surface area contributed by atoms with Crippen LogP contribution in [0.2, 0.25) is 0 Å². The van der Waals surface area contributed by atoms with E-state index in [2.05, 4.69) is 10.3 Å². The predicted octanol–water partition coefficient (Wildman–Crippen LogP) is 2.24. The van der Waals surface area contributed by atoms with Crippen LogP contribution in [-0.2, 0) is 16.0 Å². The SMILES string of the molecule is COC(=O)c1cccnc1Nc1ccc(CC(=O)O)cc1. The largest absolute Gasteiger partial charge is 0.481 e. The summed E-state index contributed by atoms with van der Waals surface area (Å²) in [6.45, 7) is 0. The molecule has 0 radical (unpaired) electrons. The Bertz CT molecular complexity index is 653. The highest BCUT2D eigenvalue weighted by Gasteiger charge is 2.12. The average molecular weight is 286 g/mol. The second-order valence-corrected chi connectivity index (χ2v) is 4.28. The van der Waals surface area contributed by atoms with Gasteiger partial charge in [-0.2, -0.15) is 0 Å². The first-order chi connectivity index (χ1) is 10.1. The number of carboxylic acid groups (broad SMARTS) is 1. The predicted molar refractivity (Wildman–Crippen MR) is 76.6 cm³/mol. The fourth-order valence-electron chi connectivity index (χ4n) is 1.80. The van der Waals surface area contributed by atoms with Crippen LogP contribution >= 0.6 is 0 Å². The normalized spacial score (nSPS) is 9.95. The molecule has 6 nitrogen and oxygen atoms in total. The maximum Gasteiger partial charge on any atom is 0.341 e. The van der Waals surface area contributed by atoms with Crippen molar-refractivity contribution in [1.82, 2.24) is 4.98 Å². The van der Waals surface area contributed by atoms with Crippen LogP contribution in [0.4, 0.5) is 11.5 Å². The van der Waals surface area contributed by atoms with Crippen LogP contribution in [0.5, 0.6) is 0 Å². The monoisotopic (exact) mass is 286 g/mol. The summed E-state index contributed by atoms with van der Waals surface area (Å²) in [7, 11) is 1.31. The lowest BCUT2D eigenvalue weighted by Crippen LogP contribution is -2.07. The molecule has 0 atom stereocenters. The maximum atomic E-state index is 11.6. The lowest BCUT2D eigenvalue weighted by molar-refractivity contribution is -0.136. The zero-order chi connectivity index (χ0) is 15.2. The summed E-state index contributed by atoms with van der Waals surface area (Å²) < 4.78 is 4.69. The van der Waals surface area contributed by atoms with Gasteiger partial charge in [0.1, 0.15) is 11.4 Å². The van der Waals surface area contributed by atoms with E-state index in [1.165, 1.54) is 7.11 Å². The quantitative estimate of drug-likeness (QED) is 0.819. The van der Waals surface area contributed by atoms with Crippen LogP contribution in [0.25, 0.3) is 0 Å². The molecule has 108 valence electrons. The molecule has 0 spiro atoms. The molecule has 1 aromatic heterocycles. The zero-order valence-electron chi connectivity index (χ0n) is 11.4. The summed E-state index contributed by atoms with van der Waals surface area (Å²) >= 11 is 0. The molecule has 2 rings (SSSR count). The third-order valence-electron chi connectivity index (χ3n) is 2.79. The van der Waals surface area contributed by atoms with Crippen LogP contribution in [-0.4, -0.2) is 29.1 Å². The number of carboxylic acids is 1. The Morgan fingerprint density at radius 3 is 2.57 bits per heavy atom. The minimum Gasteiger partial charge on any atom is -0.481 e. The number of aliphatic carboxylic acids is 1. The van der Waals surface area contributed by atoms with Crippen LogP contribution in [0.15, 0.2) is 42.6 Å². The number of aromatic nitrogens is 1. The first kappa shape index (κ1) is 14.5. The number of benzene rings is 1. The number of nitrogens with zero attached hydrogens (tertiary/aromatic N) is 1. The number of rotatable bonds is 5. The number of methoxy groups -OCH3 is 1. The minimum absolute atomic E-state index is 0.0305. The van der Waals surface area contributed by atoms with Crippen LogP contribution < -0.4 is 5.32 Å². The number of pyridine rings is 1. The molecule has 0 fully saturated rings. The van der Waals surface area contributed by atoms with E-state index in [0.717, 1.165) is 0 Å². The summed E-state index contributed by atoms with van der Waals surface area (Å²) in [4.78, 5) is 26.4. The third kappa shape index (κ3) is 3.79. The molecule has 0 aliphatic heterocycles. The lowest BCUT2D eigenvalue weighted by atomic mass is 10.1. The molecular formula is C15H14N2O4. The maximum absolute atomic E-state index is 11.6. The topological polar surface area (TPSA) is 88.5 Å². The van der Waals surface area contributed by atoms with Crippen molar-refractivity contribution in [3.63, 3.8) is 0 Å². The Kier molecular flexibility index (Phi) is 4.50. The number of anilines is 2. The Hall–Kier alpha value is -2.89. The molecule has 0 saturated carbocycles. The molecule has 0 aliphatic rings. The van der Waals surface area contributed by atoms with E-state index < -0.39 is 11.9 Å². The zero-order valence-corrected chi connectivity index (χ0v) is 11.4. The van der Waals surface area contributed by atoms with Gasteiger partial charge in [0.15, 0.2) is 0 Å². The molecule has 0 aliphatic carbocycles. The molecule has 0 bridgehead atoms. The van der Waals surface area contributed by atoms with Crippen LogP contribution in [0.3, 0.4) is 0 Å². The van der Waals surface area contributed by atoms with E-state index >= 15 is 0 Å². The summed E-state index contributed by atoms with van der Waals surface area (Å²) in [6.07, 6.45) is 1.53. The molecule has 2 N–H and O–H groups in total. The summed E-state index contributed by atoms with van der Waals surface area (Å²) in [5.41, 5.74) is 1.73. The molecular weight excluding hydrogens is 272 g/mol. The molecule has 21 heavy (non-hydrogen) atoms. The van der Waals surface area contributed by atoms with Crippen molar-refractivity contribution >= 4 is 23.4 Å². The highest BCUT2D eigenvalue weighted by Crippen LogP contribution is 2.19. The first-order valence-corrected chi connectivity index (χ1v) is 6.21. The average Bonchev–Trinajstić information content (AvgIpc) is 2.48. The highest BCUT2D eigenvalue weighted by atomic mass is 16.5. The Morgan fingerprint density at radius 2 is 1.95 bits per heavy atom. The molecule has 0 amide bonds. The van der Waals surface area contributed by atoms with Crippen molar-refractivity contribution in [3.8, 4) is 0 Å². The second kappa shape index (κ2) is 6.51. The van der Waals surface area contributed by atoms with Gasteiger partial charge in [-0.1, -0.05) is 12.1 Å². The summed E-state index contributed by atoms with van der Waals surface area (Å²) in [6, 6.07) is 10.1. The molecule has 1 aromatic carbocycles. The van der Waals surface area contributed by atoms with E-state index in [4.69, 9.17) is 9.84 Å². The van der Waals surface area contributed by atoms with E-state index in [9.17, 15) is 9.59 Å². The number of carbonyl (C=O) groups excluding carboxylic acids is 1. The van der Waals surface area contributed by atoms with Crippen molar-refractivity contribution in [3.05, 3.63) is 53.7 Å². The molecule has 0 saturated heterocycles. The van der Waals surface area contributed by atoms with Crippen LogP contribution in [0.1, 0.15) is 15.9 Å². The van der Waals surface area contributed by atoms with Crippen molar-refractivity contribution < 1.29 is 19.4 Å². The van der Waals surface area contributed by atoms with Crippen LogP contribution in [0, 0.1) is 0 Å². The van der Waals surface area contributed by atoms with Crippen molar-refractivity contribution in [2.24, 2.45) is 0 Å². The van der Waals surface area contributed by atoms with Gasteiger partial charge in [0.2, 0.25) is 0 Å². The highest BCUT2D eigenvalue weighted by molar-refractivity contribution is 5.95. The number of hydrogen-bond donors (Lipinski definition) is 2. The Morgan fingerprint density at radius 1 is 1.24 bits per heavy atom. The lowest BCUT2D eigenvalue weighted by Gasteiger charge is -2.09. The van der Waals surface area contributed by atoms with Gasteiger partial charge in [-0.05, 0) is 29.8 Å². The summed E-state index contributed by atoms with van der Waals surface area (Å²) in [5.74, 6) is -0.975. The van der Waals surface area contributed by atoms with Gasteiger partial charge in [-0.25, -0.2) is 9.78 Å². The van der Waals surface area contributed by atoms with Gasteiger partial charge in [0.05, 0.1) is 13.5 Å². The Balaban J connectivity index is 2.18. The number of carbonyl (C=O) groups is 2. The van der Waals surface area contributed by atoms with Gasteiger partial charge in [0, 0.05) is 11.9 Å². The van der Waals surface area contributed by atoms with Crippen molar-refractivity contribution in [1.29, 1.82) is 0 Å². The van der Waals surface area contributed by atoms with E-state index in [-0.39, 0.29) is 6.42 Å².